The van der Waals surface area contributed by atoms with Crippen molar-refractivity contribution in [2.24, 2.45) is 0 Å². The van der Waals surface area contributed by atoms with Crippen molar-refractivity contribution in [1.82, 2.24) is 0 Å². The van der Waals surface area contributed by atoms with Crippen molar-refractivity contribution in [3.05, 3.63) is 59.7 Å². The van der Waals surface area contributed by atoms with Crippen LogP contribution in [0.25, 0.3) is 0 Å². The molecular formula is C20H21NO4. The van der Waals surface area contributed by atoms with Crippen molar-refractivity contribution >= 4 is 11.6 Å². The molecule has 0 radical (unpaired) electrons. The summed E-state index contributed by atoms with van der Waals surface area (Å²) in [7, 11) is 0. The van der Waals surface area contributed by atoms with E-state index < -0.39 is 5.79 Å². The third-order valence-electron chi connectivity index (χ3n) is 4.55. The van der Waals surface area contributed by atoms with Gasteiger partial charge >= 0.3 is 0 Å². The van der Waals surface area contributed by atoms with Crippen LogP contribution in [0.1, 0.15) is 17.5 Å². The molecule has 2 aliphatic rings. The Labute approximate surface area is 147 Å². The Morgan fingerprint density at radius 3 is 2.64 bits per heavy atom. The lowest BCUT2D eigenvalue weighted by molar-refractivity contribution is -0.256. The van der Waals surface area contributed by atoms with Crippen LogP contribution in [0.5, 0.6) is 5.75 Å². The van der Waals surface area contributed by atoms with Crippen molar-refractivity contribution in [3.63, 3.8) is 0 Å². The van der Waals surface area contributed by atoms with Crippen LogP contribution in [0, 0.1) is 6.92 Å². The zero-order valence-corrected chi connectivity index (χ0v) is 14.2. The van der Waals surface area contributed by atoms with E-state index in [0.717, 1.165) is 29.0 Å². The van der Waals surface area contributed by atoms with E-state index in [0.29, 0.717) is 26.4 Å². The van der Waals surface area contributed by atoms with Gasteiger partial charge in [0, 0.05) is 5.56 Å². The number of fused-ring (bicyclic) bond motifs is 2. The Morgan fingerprint density at radius 2 is 1.88 bits per heavy atom. The Morgan fingerprint density at radius 1 is 1.12 bits per heavy atom. The highest BCUT2D eigenvalue weighted by molar-refractivity contribution is 6.06. The van der Waals surface area contributed by atoms with E-state index in [1.165, 1.54) is 0 Å². The minimum atomic E-state index is -1.29. The normalized spacial score (nSPS) is 18.4. The molecular weight excluding hydrogens is 318 g/mol. The number of hydrogen-bond donors (Lipinski definition) is 0. The highest BCUT2D eigenvalue weighted by Gasteiger charge is 2.54. The second-order valence-electron chi connectivity index (χ2n) is 6.31. The van der Waals surface area contributed by atoms with Gasteiger partial charge in [-0.05, 0) is 37.6 Å². The third-order valence-corrected chi connectivity index (χ3v) is 4.55. The van der Waals surface area contributed by atoms with Crippen molar-refractivity contribution < 1.29 is 19.0 Å². The Hall–Kier alpha value is -2.37. The third kappa shape index (κ3) is 2.79. The van der Waals surface area contributed by atoms with Gasteiger partial charge in [-0.2, -0.15) is 0 Å². The summed E-state index contributed by atoms with van der Waals surface area (Å²) < 4.78 is 17.5. The number of carbonyl (C=O) groups is 1. The molecule has 0 N–H and O–H groups in total. The minimum absolute atomic E-state index is 0.163. The second kappa shape index (κ2) is 6.50. The van der Waals surface area contributed by atoms with Gasteiger partial charge in [-0.1, -0.05) is 29.8 Å². The van der Waals surface area contributed by atoms with Crippen LogP contribution >= 0.6 is 0 Å². The van der Waals surface area contributed by atoms with E-state index in [2.05, 4.69) is 0 Å². The molecule has 1 fully saturated rings. The molecule has 0 aromatic heterocycles. The van der Waals surface area contributed by atoms with Crippen LogP contribution in [-0.4, -0.2) is 32.3 Å². The number of para-hydroxylation sites is 1. The van der Waals surface area contributed by atoms with Gasteiger partial charge in [-0.15, -0.1) is 0 Å². The number of nitrogens with zero attached hydrogens (tertiary/aromatic N) is 1. The summed E-state index contributed by atoms with van der Waals surface area (Å²) in [5.41, 5.74) is 2.72. The van der Waals surface area contributed by atoms with E-state index in [9.17, 15) is 4.79 Å². The Bertz CT molecular complexity index is 769. The van der Waals surface area contributed by atoms with Gasteiger partial charge in [-0.3, -0.25) is 4.79 Å². The average Bonchev–Trinajstić information content (AvgIpc) is 2.86. The van der Waals surface area contributed by atoms with Crippen molar-refractivity contribution in [2.45, 2.75) is 19.1 Å². The Kier molecular flexibility index (Phi) is 4.19. The van der Waals surface area contributed by atoms with Crippen LogP contribution < -0.4 is 9.64 Å². The maximum atomic E-state index is 13.1. The van der Waals surface area contributed by atoms with Crippen molar-refractivity contribution in [3.8, 4) is 5.75 Å². The van der Waals surface area contributed by atoms with E-state index in [1.807, 2.05) is 55.5 Å². The quantitative estimate of drug-likeness (QED) is 0.859. The van der Waals surface area contributed by atoms with Gasteiger partial charge in [0.15, 0.2) is 0 Å². The smallest absolute Gasteiger partial charge is 0.292 e. The van der Waals surface area contributed by atoms with E-state index in [-0.39, 0.29) is 5.91 Å². The van der Waals surface area contributed by atoms with E-state index >= 15 is 0 Å². The number of rotatable bonds is 4. The van der Waals surface area contributed by atoms with Crippen molar-refractivity contribution in [2.75, 3.05) is 31.3 Å². The molecule has 0 aliphatic carbocycles. The molecule has 130 valence electrons. The van der Waals surface area contributed by atoms with Gasteiger partial charge < -0.3 is 19.1 Å². The minimum Gasteiger partial charge on any atom is -0.492 e. The largest absolute Gasteiger partial charge is 0.492 e. The number of ether oxygens (including phenoxy) is 3. The molecule has 0 atom stereocenters. The standard InChI is InChI=1S/C20H21NO4/c1-15-8-9-18-17(14-15)20(24-11-5-12-25-20)19(22)21(18)10-13-23-16-6-3-2-4-7-16/h2-4,6-9,14H,5,10-13H2,1H3. The fraction of sp³-hybridized carbons (Fsp3) is 0.350. The average molecular weight is 339 g/mol. The first-order valence-corrected chi connectivity index (χ1v) is 8.59. The number of carbonyl (C=O) groups excluding carboxylic acids is 1. The molecule has 4 rings (SSSR count). The molecule has 2 heterocycles. The molecule has 0 bridgehead atoms. The van der Waals surface area contributed by atoms with Gasteiger partial charge in [0.25, 0.3) is 11.7 Å². The van der Waals surface area contributed by atoms with Gasteiger partial charge in [0.2, 0.25) is 0 Å². The Balaban J connectivity index is 1.57. The first-order valence-electron chi connectivity index (χ1n) is 8.59. The number of hydrogen-bond acceptors (Lipinski definition) is 4. The van der Waals surface area contributed by atoms with Crippen LogP contribution in [-0.2, 0) is 20.1 Å². The molecule has 25 heavy (non-hydrogen) atoms. The lowest BCUT2D eigenvalue weighted by atomic mass is 10.0. The van der Waals surface area contributed by atoms with Crippen molar-refractivity contribution in [1.29, 1.82) is 0 Å². The van der Waals surface area contributed by atoms with E-state index in [4.69, 9.17) is 14.2 Å². The van der Waals surface area contributed by atoms with Crippen LogP contribution in [0.4, 0.5) is 5.69 Å². The fourth-order valence-corrected chi connectivity index (χ4v) is 3.36. The first kappa shape index (κ1) is 16.1. The maximum absolute atomic E-state index is 13.1. The van der Waals surface area contributed by atoms with Crippen LogP contribution in [0.3, 0.4) is 0 Å². The summed E-state index contributed by atoms with van der Waals surface area (Å²) >= 11 is 0. The van der Waals surface area contributed by atoms with Crippen LogP contribution in [0.2, 0.25) is 0 Å². The summed E-state index contributed by atoms with van der Waals surface area (Å²) in [4.78, 5) is 14.8. The summed E-state index contributed by atoms with van der Waals surface area (Å²) in [6.07, 6.45) is 0.799. The lowest BCUT2D eigenvalue weighted by Crippen LogP contribution is -2.48. The molecule has 1 saturated heterocycles. The number of anilines is 1. The molecule has 5 heteroatoms. The molecule has 1 amide bonds. The molecule has 5 nitrogen and oxygen atoms in total. The molecule has 2 aromatic carbocycles. The SMILES string of the molecule is Cc1ccc2c(c1)C1(OCCCO1)C(=O)N2CCOc1ccccc1. The van der Waals surface area contributed by atoms with Gasteiger partial charge in [-0.25, -0.2) is 0 Å². The first-order chi connectivity index (χ1) is 12.2. The molecule has 1 spiro atoms. The maximum Gasteiger partial charge on any atom is 0.292 e. The number of amides is 1. The highest BCUT2D eigenvalue weighted by Crippen LogP contribution is 2.45. The predicted molar refractivity (Wildman–Crippen MR) is 93.7 cm³/mol. The molecule has 2 aliphatic heterocycles. The molecule has 0 saturated carbocycles. The lowest BCUT2D eigenvalue weighted by Gasteiger charge is -2.32. The van der Waals surface area contributed by atoms with E-state index in [1.54, 1.807) is 4.90 Å². The van der Waals surface area contributed by atoms with Gasteiger partial charge in [0.1, 0.15) is 12.4 Å². The fourth-order valence-electron chi connectivity index (χ4n) is 3.36. The monoisotopic (exact) mass is 339 g/mol. The predicted octanol–water partition coefficient (Wildman–Crippen LogP) is 3.01. The highest BCUT2D eigenvalue weighted by atomic mass is 16.7. The number of aryl methyl sites for hydroxylation is 1. The van der Waals surface area contributed by atoms with Gasteiger partial charge in [0.05, 0.1) is 25.4 Å². The summed E-state index contributed by atoms with van der Waals surface area (Å²) in [6, 6.07) is 15.5. The summed E-state index contributed by atoms with van der Waals surface area (Å²) in [5, 5.41) is 0. The molecule has 2 aromatic rings. The topological polar surface area (TPSA) is 48.0 Å². The van der Waals surface area contributed by atoms with Crippen LogP contribution in [0.15, 0.2) is 48.5 Å². The summed E-state index contributed by atoms with van der Waals surface area (Å²) in [6.45, 7) is 3.89. The zero-order chi connectivity index (χ0) is 17.3. The second-order valence-corrected chi connectivity index (χ2v) is 6.31. The summed E-state index contributed by atoms with van der Waals surface area (Å²) in [5.74, 6) is -0.658. The zero-order valence-electron chi connectivity index (χ0n) is 14.2. The number of benzene rings is 2. The molecule has 0 unspecified atom stereocenters.